The first-order valence-electron chi connectivity index (χ1n) is 8.59. The van der Waals surface area contributed by atoms with Gasteiger partial charge in [0.15, 0.2) is 11.6 Å². The molecule has 0 spiro atoms. The van der Waals surface area contributed by atoms with Gasteiger partial charge in [0.25, 0.3) is 11.8 Å². The summed E-state index contributed by atoms with van der Waals surface area (Å²) in [6.07, 6.45) is 0. The van der Waals surface area contributed by atoms with Crippen molar-refractivity contribution in [2.75, 3.05) is 10.6 Å². The third-order valence-corrected chi connectivity index (χ3v) is 5.12. The van der Waals surface area contributed by atoms with Crippen LogP contribution in [0.15, 0.2) is 60.7 Å². The van der Waals surface area contributed by atoms with Crippen LogP contribution in [-0.2, 0) is 0 Å². The van der Waals surface area contributed by atoms with Gasteiger partial charge in [0.05, 0.1) is 27.9 Å². The van der Waals surface area contributed by atoms with E-state index in [4.69, 9.17) is 5.73 Å². The Morgan fingerprint density at radius 2 is 1.07 bits per heavy atom. The zero-order chi connectivity index (χ0) is 19.6. The Morgan fingerprint density at radius 1 is 0.571 bits per heavy atom. The number of nitrogens with zero attached hydrogens (tertiary/aromatic N) is 1. The summed E-state index contributed by atoms with van der Waals surface area (Å²) >= 11 is 0. The van der Waals surface area contributed by atoms with Crippen molar-refractivity contribution in [3.05, 3.63) is 94.0 Å². The first-order chi connectivity index (χ1) is 13.5. The normalized spacial score (nSPS) is 14.8. The largest absolute Gasteiger partial charge is 0.398 e. The molecule has 0 saturated heterocycles. The number of nitrogens with two attached hydrogens (primary N) is 1. The molecule has 0 unspecified atom stereocenters. The quantitative estimate of drug-likeness (QED) is 0.412. The lowest BCUT2D eigenvalue weighted by molar-refractivity contribution is 0.0923. The van der Waals surface area contributed by atoms with Crippen LogP contribution < -0.4 is 10.6 Å². The Kier molecular flexibility index (Phi) is 3.15. The average molecular weight is 368 g/mol. The molecule has 6 heteroatoms. The van der Waals surface area contributed by atoms with Gasteiger partial charge in [-0.1, -0.05) is 36.4 Å². The van der Waals surface area contributed by atoms with Crippen LogP contribution in [0, 0.1) is 0 Å². The highest BCUT2D eigenvalue weighted by Gasteiger charge is 2.41. The van der Waals surface area contributed by atoms with Gasteiger partial charge in [-0.25, -0.2) is 4.90 Å². The molecule has 6 nitrogen and oxygen atoms in total. The lowest BCUT2D eigenvalue weighted by Crippen LogP contribution is -2.33. The van der Waals surface area contributed by atoms with Crippen LogP contribution in [0.1, 0.15) is 52.6 Å². The van der Waals surface area contributed by atoms with Crippen LogP contribution in [0.2, 0.25) is 0 Å². The molecule has 0 fully saturated rings. The van der Waals surface area contributed by atoms with Gasteiger partial charge in [0.2, 0.25) is 0 Å². The molecule has 1 heterocycles. The van der Waals surface area contributed by atoms with Crippen molar-refractivity contribution >= 4 is 34.8 Å². The maximum atomic E-state index is 13.2. The monoisotopic (exact) mass is 368 g/mol. The lowest BCUT2D eigenvalue weighted by atomic mass is 9.82. The van der Waals surface area contributed by atoms with Crippen LogP contribution in [0.5, 0.6) is 0 Å². The second-order valence-corrected chi connectivity index (χ2v) is 6.62. The summed E-state index contributed by atoms with van der Waals surface area (Å²) in [5, 5.41) is 0. The van der Waals surface area contributed by atoms with E-state index in [1.165, 1.54) is 18.2 Å². The van der Waals surface area contributed by atoms with Crippen LogP contribution in [-0.4, -0.2) is 23.4 Å². The van der Waals surface area contributed by atoms with Gasteiger partial charge in [-0.15, -0.1) is 0 Å². The molecule has 0 radical (unpaired) electrons. The zero-order valence-corrected chi connectivity index (χ0v) is 14.4. The predicted octanol–water partition coefficient (Wildman–Crippen LogP) is 2.84. The molecule has 134 valence electrons. The number of nitrogen functional groups attached to an aromatic ring is 1. The standard InChI is InChI=1S/C22H12N2O4/c23-15-9-3-7-13-17(15)19(25)14-8-4-10-16(18(14)20(13)26)24-21(27)11-5-1-2-6-12(11)22(24)28/h1-10H,23H2. The van der Waals surface area contributed by atoms with E-state index in [2.05, 4.69) is 0 Å². The Labute approximate surface area is 159 Å². The molecule has 0 aromatic heterocycles. The number of fused-ring (bicyclic) bond motifs is 3. The summed E-state index contributed by atoms with van der Waals surface area (Å²) in [7, 11) is 0. The van der Waals surface area contributed by atoms with Gasteiger partial charge in [-0.3, -0.25) is 19.2 Å². The number of amides is 2. The fraction of sp³-hybridized carbons (Fsp3) is 0. The Morgan fingerprint density at radius 3 is 1.71 bits per heavy atom. The molecule has 5 rings (SSSR count). The second-order valence-electron chi connectivity index (χ2n) is 6.62. The van der Waals surface area contributed by atoms with Crippen molar-refractivity contribution in [1.82, 2.24) is 0 Å². The van der Waals surface area contributed by atoms with Crippen LogP contribution in [0.4, 0.5) is 11.4 Å². The number of ketones is 2. The Balaban J connectivity index is 1.74. The Bertz CT molecular complexity index is 1220. The molecule has 0 atom stereocenters. The number of carbonyl (C=O) groups excluding carboxylic acids is 4. The van der Waals surface area contributed by atoms with Crippen LogP contribution >= 0.6 is 0 Å². The molecular formula is C22H12N2O4. The molecule has 2 amide bonds. The molecular weight excluding hydrogens is 356 g/mol. The highest BCUT2D eigenvalue weighted by atomic mass is 16.2. The van der Waals surface area contributed by atoms with E-state index < -0.39 is 23.4 Å². The van der Waals surface area contributed by atoms with Gasteiger partial charge in [0.1, 0.15) is 0 Å². The van der Waals surface area contributed by atoms with Gasteiger partial charge in [-0.2, -0.15) is 0 Å². The van der Waals surface area contributed by atoms with E-state index in [0.717, 1.165) is 4.90 Å². The van der Waals surface area contributed by atoms with Crippen LogP contribution in [0.3, 0.4) is 0 Å². The molecule has 28 heavy (non-hydrogen) atoms. The van der Waals surface area contributed by atoms with Crippen molar-refractivity contribution in [1.29, 1.82) is 0 Å². The number of benzene rings is 3. The number of hydrogen-bond acceptors (Lipinski definition) is 5. The minimum absolute atomic E-state index is 0.0418. The summed E-state index contributed by atoms with van der Waals surface area (Å²) in [6.45, 7) is 0. The van der Waals surface area contributed by atoms with Crippen LogP contribution in [0.25, 0.3) is 0 Å². The van der Waals surface area contributed by atoms with E-state index in [9.17, 15) is 19.2 Å². The predicted molar refractivity (Wildman–Crippen MR) is 102 cm³/mol. The Hall–Kier alpha value is -4.06. The smallest absolute Gasteiger partial charge is 0.266 e. The van der Waals surface area contributed by atoms with E-state index >= 15 is 0 Å². The van der Waals surface area contributed by atoms with Gasteiger partial charge in [0, 0.05) is 16.8 Å². The third kappa shape index (κ3) is 1.91. The first kappa shape index (κ1) is 16.1. The zero-order valence-electron chi connectivity index (χ0n) is 14.4. The van der Waals surface area contributed by atoms with Crippen molar-refractivity contribution in [2.24, 2.45) is 0 Å². The van der Waals surface area contributed by atoms with E-state index in [0.29, 0.717) is 0 Å². The van der Waals surface area contributed by atoms with E-state index in [1.54, 1.807) is 42.5 Å². The number of carbonyl (C=O) groups is 4. The van der Waals surface area contributed by atoms with Crippen molar-refractivity contribution < 1.29 is 19.2 Å². The number of hydrogen-bond donors (Lipinski definition) is 1. The van der Waals surface area contributed by atoms with Crippen molar-refractivity contribution in [3.8, 4) is 0 Å². The number of imide groups is 1. The average Bonchev–Trinajstić information content (AvgIpc) is 2.96. The summed E-state index contributed by atoms with van der Waals surface area (Å²) in [6, 6.07) is 15.7. The minimum Gasteiger partial charge on any atom is -0.398 e. The molecule has 0 bridgehead atoms. The fourth-order valence-corrected chi connectivity index (χ4v) is 3.84. The molecule has 1 aliphatic heterocycles. The summed E-state index contributed by atoms with van der Waals surface area (Å²) in [5.41, 5.74) is 7.27. The molecule has 3 aromatic carbocycles. The molecule has 3 aromatic rings. The second kappa shape index (κ2) is 5.47. The summed E-state index contributed by atoms with van der Waals surface area (Å²) in [4.78, 5) is 52.9. The molecule has 2 aliphatic rings. The summed E-state index contributed by atoms with van der Waals surface area (Å²) < 4.78 is 0. The van der Waals surface area contributed by atoms with E-state index in [-0.39, 0.29) is 44.8 Å². The molecule has 1 aliphatic carbocycles. The highest BCUT2D eigenvalue weighted by Crippen LogP contribution is 2.38. The fourth-order valence-electron chi connectivity index (χ4n) is 3.84. The van der Waals surface area contributed by atoms with Gasteiger partial charge >= 0.3 is 0 Å². The maximum Gasteiger partial charge on any atom is 0.266 e. The van der Waals surface area contributed by atoms with Gasteiger partial charge < -0.3 is 5.73 Å². The van der Waals surface area contributed by atoms with Crippen molar-refractivity contribution in [2.45, 2.75) is 0 Å². The number of anilines is 2. The third-order valence-electron chi connectivity index (χ3n) is 5.12. The van der Waals surface area contributed by atoms with Crippen molar-refractivity contribution in [3.63, 3.8) is 0 Å². The maximum absolute atomic E-state index is 13.2. The number of rotatable bonds is 1. The summed E-state index contributed by atoms with van der Waals surface area (Å²) in [5.74, 6) is -1.88. The topological polar surface area (TPSA) is 97.5 Å². The van der Waals surface area contributed by atoms with Gasteiger partial charge in [-0.05, 0) is 24.3 Å². The molecule has 2 N–H and O–H groups in total. The first-order valence-corrected chi connectivity index (χ1v) is 8.59. The molecule has 0 saturated carbocycles. The lowest BCUT2D eigenvalue weighted by Gasteiger charge is -2.24. The minimum atomic E-state index is -0.521. The highest BCUT2D eigenvalue weighted by molar-refractivity contribution is 6.38. The van der Waals surface area contributed by atoms with E-state index in [1.807, 2.05) is 0 Å². The SMILES string of the molecule is Nc1cccc2c1C(=O)c1cccc(N3C(=O)c4ccccc4C3=O)c1C2=O.